The van der Waals surface area contributed by atoms with Crippen LogP contribution >= 0.6 is 11.6 Å². The molecule has 0 atom stereocenters. The summed E-state index contributed by atoms with van der Waals surface area (Å²) in [4.78, 5) is 8.05. The van der Waals surface area contributed by atoms with E-state index in [-0.39, 0.29) is 5.29 Å². The maximum Gasteiger partial charge on any atom is 0.195 e. The topological polar surface area (TPSA) is 50.7 Å². The van der Waals surface area contributed by atoms with Crippen molar-refractivity contribution >= 4 is 33.5 Å². The fourth-order valence-corrected chi connectivity index (χ4v) is 1.75. The molecule has 0 unspecified atom stereocenters. The summed E-state index contributed by atoms with van der Waals surface area (Å²) in [6, 6.07) is 14.1. The first-order chi connectivity index (χ1) is 8.20. The number of rotatable bonds is 1. The first-order valence-corrected chi connectivity index (χ1v) is 5.54. The molecule has 0 spiro atoms. The van der Waals surface area contributed by atoms with Crippen LogP contribution in [-0.2, 0) is 0 Å². The molecule has 2 aromatic carbocycles. The lowest BCUT2D eigenvalue weighted by atomic mass is 10.1. The van der Waals surface area contributed by atoms with E-state index in [2.05, 4.69) is 16.1 Å². The Hall–Kier alpha value is -1.87. The van der Waals surface area contributed by atoms with E-state index in [0.717, 1.165) is 10.9 Å². The van der Waals surface area contributed by atoms with Crippen LogP contribution in [0.25, 0.3) is 10.8 Å². The van der Waals surface area contributed by atoms with Crippen LogP contribution in [0.3, 0.4) is 0 Å². The van der Waals surface area contributed by atoms with Gasteiger partial charge in [0.25, 0.3) is 0 Å². The van der Waals surface area contributed by atoms with Crippen LogP contribution in [0.5, 0.6) is 0 Å². The molecule has 0 heterocycles. The van der Waals surface area contributed by atoms with Gasteiger partial charge in [-0.15, -0.1) is 0 Å². The highest BCUT2D eigenvalue weighted by atomic mass is 35.5. The monoisotopic (exact) mass is 245 g/mol. The van der Waals surface area contributed by atoms with Crippen molar-refractivity contribution in [1.82, 2.24) is 0 Å². The summed E-state index contributed by atoms with van der Waals surface area (Å²) in [6.45, 7) is 0. The van der Waals surface area contributed by atoms with Crippen molar-refractivity contribution in [3.63, 3.8) is 0 Å². The van der Waals surface area contributed by atoms with Gasteiger partial charge in [-0.3, -0.25) is 4.99 Å². The number of halogens is 1. The minimum atomic E-state index is -0.0150. The molecule has 3 nitrogen and oxygen atoms in total. The van der Waals surface area contributed by atoms with Gasteiger partial charge >= 0.3 is 0 Å². The van der Waals surface area contributed by atoms with Crippen molar-refractivity contribution in [2.24, 2.45) is 15.7 Å². The summed E-state index contributed by atoms with van der Waals surface area (Å²) in [7, 11) is 1.66. The fourth-order valence-electron chi connectivity index (χ4n) is 1.67. The van der Waals surface area contributed by atoms with Crippen molar-refractivity contribution in [3.8, 4) is 0 Å². The number of aliphatic imine (C=N–C) groups is 2. The van der Waals surface area contributed by atoms with Crippen LogP contribution in [0.2, 0.25) is 0 Å². The third kappa shape index (κ3) is 2.63. The summed E-state index contributed by atoms with van der Waals surface area (Å²) in [6.07, 6.45) is 0. The summed E-state index contributed by atoms with van der Waals surface area (Å²) < 4.78 is 0. The molecule has 2 rings (SSSR count). The summed E-state index contributed by atoms with van der Waals surface area (Å²) in [5.41, 5.74) is 6.25. The molecular weight excluding hydrogens is 234 g/mol. The smallest absolute Gasteiger partial charge is 0.195 e. The van der Waals surface area contributed by atoms with E-state index in [9.17, 15) is 0 Å². The highest BCUT2D eigenvalue weighted by Gasteiger charge is 2.02. The first-order valence-electron chi connectivity index (χ1n) is 5.16. The van der Waals surface area contributed by atoms with Crippen LogP contribution in [0, 0.1) is 0 Å². The predicted molar refractivity (Wildman–Crippen MR) is 73.9 cm³/mol. The molecule has 2 aromatic rings. The molecule has 0 bridgehead atoms. The normalized spacial score (nSPS) is 13.1. The van der Waals surface area contributed by atoms with Gasteiger partial charge in [0.2, 0.25) is 0 Å². The van der Waals surface area contributed by atoms with Crippen LogP contribution < -0.4 is 5.73 Å². The molecule has 0 aliphatic heterocycles. The van der Waals surface area contributed by atoms with Crippen LogP contribution in [0.1, 0.15) is 5.56 Å². The zero-order chi connectivity index (χ0) is 12.3. The van der Waals surface area contributed by atoms with E-state index in [1.54, 1.807) is 7.05 Å². The molecule has 0 amide bonds. The second kappa shape index (κ2) is 4.97. The molecule has 2 N–H and O–H groups in total. The summed E-state index contributed by atoms with van der Waals surface area (Å²) in [5.74, 6) is 0.531. The molecule has 0 saturated heterocycles. The third-order valence-corrected chi connectivity index (χ3v) is 2.52. The van der Waals surface area contributed by atoms with E-state index in [1.165, 1.54) is 5.39 Å². The molecule has 4 heteroatoms. The molecule has 86 valence electrons. The minimum absolute atomic E-state index is 0.0150. The second-order valence-corrected chi connectivity index (χ2v) is 3.93. The Morgan fingerprint density at radius 2 is 1.82 bits per heavy atom. The summed E-state index contributed by atoms with van der Waals surface area (Å²) >= 11 is 5.57. The Morgan fingerprint density at radius 1 is 1.12 bits per heavy atom. The van der Waals surface area contributed by atoms with E-state index >= 15 is 0 Å². The van der Waals surface area contributed by atoms with Crippen molar-refractivity contribution < 1.29 is 0 Å². The third-order valence-electron chi connectivity index (χ3n) is 2.43. The largest absolute Gasteiger partial charge is 0.374 e. The molecule has 0 aliphatic rings. The van der Waals surface area contributed by atoms with Crippen molar-refractivity contribution in [2.45, 2.75) is 0 Å². The number of nitrogens with zero attached hydrogens (tertiary/aromatic N) is 2. The number of nitrogens with two attached hydrogens (primary N) is 1. The Morgan fingerprint density at radius 3 is 2.47 bits per heavy atom. The van der Waals surface area contributed by atoms with Gasteiger partial charge in [-0.05, 0) is 28.4 Å². The van der Waals surface area contributed by atoms with E-state index in [1.807, 2.05) is 36.4 Å². The lowest BCUT2D eigenvalue weighted by Gasteiger charge is -2.03. The van der Waals surface area contributed by atoms with Crippen molar-refractivity contribution in [2.75, 3.05) is 7.05 Å². The quantitative estimate of drug-likeness (QED) is 0.469. The van der Waals surface area contributed by atoms with Gasteiger partial charge in [0.15, 0.2) is 11.1 Å². The Bertz CT molecular complexity index is 598. The predicted octanol–water partition coefficient (Wildman–Crippen LogP) is 2.77. The van der Waals surface area contributed by atoms with Gasteiger partial charge < -0.3 is 5.73 Å². The maximum atomic E-state index is 5.57. The Balaban J connectivity index is 2.52. The number of hydrogen-bond donors (Lipinski definition) is 1. The molecule has 0 radical (unpaired) electrons. The van der Waals surface area contributed by atoms with Gasteiger partial charge in [-0.1, -0.05) is 36.4 Å². The zero-order valence-electron chi connectivity index (χ0n) is 9.39. The average molecular weight is 246 g/mol. The van der Waals surface area contributed by atoms with Crippen molar-refractivity contribution in [3.05, 3.63) is 48.0 Å². The summed E-state index contributed by atoms with van der Waals surface area (Å²) in [5, 5.41) is 2.29. The van der Waals surface area contributed by atoms with E-state index < -0.39 is 0 Å². The van der Waals surface area contributed by atoms with Gasteiger partial charge in [0, 0.05) is 12.6 Å². The molecule has 0 saturated carbocycles. The van der Waals surface area contributed by atoms with Crippen LogP contribution in [-0.4, -0.2) is 18.2 Å². The first kappa shape index (κ1) is 11.6. The van der Waals surface area contributed by atoms with Gasteiger partial charge in [-0.2, -0.15) is 0 Å². The number of amidine groups is 2. The van der Waals surface area contributed by atoms with E-state index in [0.29, 0.717) is 5.84 Å². The maximum absolute atomic E-state index is 5.57. The molecular formula is C13H12ClN3. The van der Waals surface area contributed by atoms with Gasteiger partial charge in [-0.25, -0.2) is 4.99 Å². The van der Waals surface area contributed by atoms with Crippen LogP contribution in [0.4, 0.5) is 0 Å². The SMILES string of the molecule is CN=C(N=C(N)Cl)c1ccc2ccccc2c1. The Labute approximate surface area is 105 Å². The second-order valence-electron chi connectivity index (χ2n) is 3.54. The van der Waals surface area contributed by atoms with Gasteiger partial charge in [0.1, 0.15) is 0 Å². The highest BCUT2D eigenvalue weighted by molar-refractivity contribution is 6.65. The zero-order valence-corrected chi connectivity index (χ0v) is 10.1. The fraction of sp³-hybridized carbons (Fsp3) is 0.0769. The number of fused-ring (bicyclic) bond motifs is 1. The van der Waals surface area contributed by atoms with Crippen LogP contribution in [0.15, 0.2) is 52.4 Å². The van der Waals surface area contributed by atoms with E-state index in [4.69, 9.17) is 17.3 Å². The van der Waals surface area contributed by atoms with Gasteiger partial charge in [0.05, 0.1) is 0 Å². The average Bonchev–Trinajstić information content (AvgIpc) is 2.35. The molecule has 0 fully saturated rings. The highest BCUT2D eigenvalue weighted by Crippen LogP contribution is 2.16. The lowest BCUT2D eigenvalue weighted by Crippen LogP contribution is -2.07. The number of hydrogen-bond acceptors (Lipinski definition) is 1. The molecule has 0 aliphatic carbocycles. The Kier molecular flexibility index (Phi) is 3.40. The minimum Gasteiger partial charge on any atom is -0.374 e. The standard InChI is InChI=1S/C13H12ClN3/c1-16-12(17-13(14)15)11-7-6-9-4-2-3-5-10(9)8-11/h2-8H,1H3,(H2,15,16,17). The molecule has 0 aromatic heterocycles. The lowest BCUT2D eigenvalue weighted by molar-refractivity contribution is 1.39. The molecule has 17 heavy (non-hydrogen) atoms. The number of benzene rings is 2. The van der Waals surface area contributed by atoms with Crippen molar-refractivity contribution in [1.29, 1.82) is 0 Å².